The van der Waals surface area contributed by atoms with Gasteiger partial charge in [0.25, 0.3) is 0 Å². The average Bonchev–Trinajstić information content (AvgIpc) is 2.66. The largest absolute Gasteiger partial charge is 0.343 e. The summed E-state index contributed by atoms with van der Waals surface area (Å²) in [4.78, 5) is 15.9. The predicted octanol–water partition coefficient (Wildman–Crippen LogP) is 3.69. The average molecular weight is 381 g/mol. The third-order valence-corrected chi connectivity index (χ3v) is 4.97. The second-order valence-electron chi connectivity index (χ2n) is 6.63. The molecular weight excluding hydrogens is 360 g/mol. The lowest BCUT2D eigenvalue weighted by Crippen LogP contribution is -2.45. The van der Waals surface area contributed by atoms with Gasteiger partial charge in [0.2, 0.25) is 11.9 Å². The Morgan fingerprint density at radius 1 is 1.11 bits per heavy atom. The van der Waals surface area contributed by atoms with Gasteiger partial charge in [-0.2, -0.15) is 0 Å². The van der Waals surface area contributed by atoms with Crippen LogP contribution in [0.1, 0.15) is 16.8 Å². The van der Waals surface area contributed by atoms with E-state index in [1.54, 1.807) is 0 Å². The first kappa shape index (κ1) is 17.7. The molecule has 2 N–H and O–H groups in total. The van der Waals surface area contributed by atoms with Gasteiger partial charge < -0.3 is 5.32 Å². The summed E-state index contributed by atoms with van der Waals surface area (Å²) in [6.07, 6.45) is 0. The van der Waals surface area contributed by atoms with Crippen LogP contribution >= 0.6 is 11.6 Å². The van der Waals surface area contributed by atoms with E-state index >= 15 is 0 Å². The minimum Gasteiger partial charge on any atom is -0.343 e. The molecule has 0 amide bonds. The molecule has 27 heavy (non-hydrogen) atoms. The fraction of sp³-hybridized carbons (Fsp3) is 0.250. The van der Waals surface area contributed by atoms with E-state index in [0.717, 1.165) is 39.3 Å². The number of rotatable bonds is 3. The van der Waals surface area contributed by atoms with Gasteiger partial charge in [-0.15, -0.1) is 0 Å². The number of aliphatic imine (C=N–C) groups is 1. The van der Waals surface area contributed by atoms with Crippen LogP contribution in [-0.2, 0) is 6.54 Å². The fourth-order valence-corrected chi connectivity index (χ4v) is 3.33. The van der Waals surface area contributed by atoms with Crippen LogP contribution in [0.2, 0.25) is 5.02 Å². The summed E-state index contributed by atoms with van der Waals surface area (Å²) < 4.78 is 0. The normalized spacial score (nSPS) is 14.7. The summed E-state index contributed by atoms with van der Waals surface area (Å²) >= 11 is 6.24. The van der Waals surface area contributed by atoms with E-state index in [9.17, 15) is 0 Å². The van der Waals surface area contributed by atoms with Gasteiger partial charge in [-0.3, -0.25) is 10.2 Å². The zero-order chi connectivity index (χ0) is 18.8. The Morgan fingerprint density at radius 3 is 2.74 bits per heavy atom. The lowest BCUT2D eigenvalue weighted by atomic mass is 10.1. The van der Waals surface area contributed by atoms with E-state index in [2.05, 4.69) is 43.5 Å². The van der Waals surface area contributed by atoms with Crippen LogP contribution in [0.3, 0.4) is 0 Å². The maximum atomic E-state index is 6.24. The lowest BCUT2D eigenvalue weighted by molar-refractivity contribution is 0.257. The van der Waals surface area contributed by atoms with Gasteiger partial charge in [0, 0.05) is 17.0 Å². The van der Waals surface area contributed by atoms with Gasteiger partial charge in [0.1, 0.15) is 0 Å². The second-order valence-corrected chi connectivity index (χ2v) is 7.04. The molecule has 6 nitrogen and oxygen atoms in total. The molecule has 0 spiro atoms. The quantitative estimate of drug-likeness (QED) is 0.725. The van der Waals surface area contributed by atoms with E-state index in [0.29, 0.717) is 25.2 Å². The number of anilines is 1. The smallest absolute Gasteiger partial charge is 0.230 e. The number of nitrogens with one attached hydrogen (secondary N) is 2. The molecule has 0 saturated heterocycles. The van der Waals surface area contributed by atoms with Crippen LogP contribution in [0.15, 0.2) is 47.5 Å². The number of aromatic nitrogens is 2. The number of nitrogens with zero attached hydrogens (tertiary/aromatic N) is 4. The number of hydrogen-bond acceptors (Lipinski definition) is 6. The molecule has 138 valence electrons. The monoisotopic (exact) mass is 380 g/mol. The van der Waals surface area contributed by atoms with Gasteiger partial charge >= 0.3 is 0 Å². The van der Waals surface area contributed by atoms with Crippen LogP contribution in [0.25, 0.3) is 10.9 Å². The molecule has 0 radical (unpaired) electrons. The first-order valence-electron chi connectivity index (χ1n) is 8.85. The molecule has 0 bridgehead atoms. The highest BCUT2D eigenvalue weighted by Gasteiger charge is 2.15. The molecular formula is C20H21ClN6. The third-order valence-electron chi connectivity index (χ3n) is 4.60. The lowest BCUT2D eigenvalue weighted by Gasteiger charge is -2.27. The molecule has 0 atom stereocenters. The summed E-state index contributed by atoms with van der Waals surface area (Å²) in [6.45, 7) is 6.04. The number of halogens is 1. The van der Waals surface area contributed by atoms with Crippen molar-refractivity contribution in [3.8, 4) is 0 Å². The Labute approximate surface area is 163 Å². The molecule has 2 aromatic carbocycles. The molecule has 1 aliphatic rings. The van der Waals surface area contributed by atoms with Gasteiger partial charge in [0.15, 0.2) is 0 Å². The van der Waals surface area contributed by atoms with Crippen molar-refractivity contribution < 1.29 is 0 Å². The standard InChI is InChI=1S/C20H21ClN6/c1-13-6-5-8-16-14(2)24-20(25-18(13)16)26-19-22-11-27(12-23-19)10-15-7-3-4-9-17(15)21/h3-9H,10-12H2,1-2H3,(H2,22,23,24,25,26). The highest BCUT2D eigenvalue weighted by molar-refractivity contribution is 6.31. The molecule has 0 saturated carbocycles. The molecule has 4 rings (SSSR count). The first-order chi connectivity index (χ1) is 13.1. The van der Waals surface area contributed by atoms with Crippen molar-refractivity contribution in [1.82, 2.24) is 20.2 Å². The number of benzene rings is 2. The summed E-state index contributed by atoms with van der Waals surface area (Å²) in [5.41, 5.74) is 4.13. The third kappa shape index (κ3) is 3.86. The van der Waals surface area contributed by atoms with Crippen molar-refractivity contribution in [2.24, 2.45) is 4.99 Å². The zero-order valence-electron chi connectivity index (χ0n) is 15.3. The molecule has 0 unspecified atom stereocenters. The maximum absolute atomic E-state index is 6.24. The van der Waals surface area contributed by atoms with E-state index in [-0.39, 0.29) is 0 Å². The van der Waals surface area contributed by atoms with Gasteiger partial charge in [-0.1, -0.05) is 48.0 Å². The molecule has 0 aliphatic carbocycles. The van der Waals surface area contributed by atoms with Crippen molar-refractivity contribution >= 4 is 34.4 Å². The number of guanidine groups is 1. The topological polar surface area (TPSA) is 65.4 Å². The van der Waals surface area contributed by atoms with Crippen LogP contribution in [0.4, 0.5) is 5.95 Å². The minimum atomic E-state index is 0.556. The van der Waals surface area contributed by atoms with E-state index in [1.165, 1.54) is 0 Å². The zero-order valence-corrected chi connectivity index (χ0v) is 16.1. The van der Waals surface area contributed by atoms with Crippen molar-refractivity contribution in [3.05, 3.63) is 64.3 Å². The number of hydrogen-bond donors (Lipinski definition) is 2. The van der Waals surface area contributed by atoms with Crippen LogP contribution in [0.5, 0.6) is 0 Å². The summed E-state index contributed by atoms with van der Waals surface area (Å²) in [6, 6.07) is 14.0. The van der Waals surface area contributed by atoms with E-state index in [4.69, 9.17) is 11.6 Å². The fourth-order valence-electron chi connectivity index (χ4n) is 3.13. The van der Waals surface area contributed by atoms with Crippen LogP contribution in [-0.4, -0.2) is 34.2 Å². The van der Waals surface area contributed by atoms with Gasteiger partial charge in [-0.05, 0) is 31.0 Å². The Morgan fingerprint density at radius 2 is 1.96 bits per heavy atom. The highest BCUT2D eigenvalue weighted by atomic mass is 35.5. The Balaban J connectivity index is 1.47. The summed E-state index contributed by atoms with van der Waals surface area (Å²) in [5, 5.41) is 8.33. The van der Waals surface area contributed by atoms with Crippen molar-refractivity contribution in [2.75, 3.05) is 18.7 Å². The number of aryl methyl sites for hydroxylation is 2. The van der Waals surface area contributed by atoms with Crippen molar-refractivity contribution in [3.63, 3.8) is 0 Å². The second kappa shape index (κ2) is 7.50. The summed E-state index contributed by atoms with van der Waals surface area (Å²) in [5.74, 6) is 1.23. The SMILES string of the molecule is Cc1nc(NC2=NCN(Cc3ccccc3Cl)CN2)nc2c(C)cccc12. The first-order valence-corrected chi connectivity index (χ1v) is 9.23. The number of para-hydroxylation sites is 1. The maximum Gasteiger partial charge on any atom is 0.230 e. The molecule has 3 aromatic rings. The van der Waals surface area contributed by atoms with Crippen molar-refractivity contribution in [2.45, 2.75) is 20.4 Å². The van der Waals surface area contributed by atoms with Crippen LogP contribution < -0.4 is 10.6 Å². The predicted molar refractivity (Wildman–Crippen MR) is 110 cm³/mol. The Bertz CT molecular complexity index is 1020. The molecule has 7 heteroatoms. The van der Waals surface area contributed by atoms with Crippen molar-refractivity contribution in [1.29, 1.82) is 0 Å². The molecule has 0 fully saturated rings. The molecule has 1 aromatic heterocycles. The van der Waals surface area contributed by atoms with Gasteiger partial charge in [0.05, 0.1) is 24.5 Å². The van der Waals surface area contributed by atoms with E-state index < -0.39 is 0 Å². The Kier molecular flexibility index (Phi) is 4.92. The van der Waals surface area contributed by atoms with E-state index in [1.807, 2.05) is 43.3 Å². The minimum absolute atomic E-state index is 0.556. The highest BCUT2D eigenvalue weighted by Crippen LogP contribution is 2.20. The molecule has 2 heterocycles. The summed E-state index contributed by atoms with van der Waals surface area (Å²) in [7, 11) is 0. The Hall–Kier alpha value is -2.70. The van der Waals surface area contributed by atoms with Gasteiger partial charge in [-0.25, -0.2) is 15.0 Å². The number of fused-ring (bicyclic) bond motifs is 1. The van der Waals surface area contributed by atoms with Crippen LogP contribution in [0, 0.1) is 13.8 Å². The molecule has 1 aliphatic heterocycles.